The van der Waals surface area contributed by atoms with Gasteiger partial charge in [-0.25, -0.2) is 0 Å². The highest BCUT2D eigenvalue weighted by atomic mass is 16.4. The minimum atomic E-state index is -0.962. The third-order valence-corrected chi connectivity index (χ3v) is 5.81. The third-order valence-electron chi connectivity index (χ3n) is 5.81. The molecule has 1 aromatic carbocycles. The van der Waals surface area contributed by atoms with Crippen LogP contribution < -0.4 is 0 Å². The molecule has 1 saturated carbocycles. The molecule has 2 fully saturated rings. The summed E-state index contributed by atoms with van der Waals surface area (Å²) in [4.78, 5) is 27.2. The Morgan fingerprint density at radius 1 is 0.917 bits per heavy atom. The lowest BCUT2D eigenvalue weighted by Crippen LogP contribution is -2.52. The highest BCUT2D eigenvalue weighted by molar-refractivity contribution is 5.99. The average molecular weight is 329 g/mol. The van der Waals surface area contributed by atoms with Crippen molar-refractivity contribution in [2.75, 3.05) is 13.1 Å². The summed E-state index contributed by atoms with van der Waals surface area (Å²) in [5.74, 6) is -2.09. The monoisotopic (exact) mass is 329 g/mol. The van der Waals surface area contributed by atoms with Crippen molar-refractivity contribution in [3.63, 3.8) is 0 Å². The summed E-state index contributed by atoms with van der Waals surface area (Å²) in [6, 6.07) is 9.86. The quantitative estimate of drug-likeness (QED) is 0.859. The minimum absolute atomic E-state index is 0.173. The van der Waals surface area contributed by atoms with Crippen LogP contribution in [-0.2, 0) is 15.0 Å². The number of carbonyl (C=O) groups is 2. The Hall–Kier alpha value is -1.84. The molecule has 1 aliphatic heterocycles. The SMILES string of the molecule is O=C(O)C(C(=O)N1CCCCC1)C1(c2ccccc2)CCCCC1. The van der Waals surface area contributed by atoms with E-state index in [4.69, 9.17) is 0 Å². The van der Waals surface area contributed by atoms with Crippen molar-refractivity contribution < 1.29 is 14.7 Å². The van der Waals surface area contributed by atoms with Gasteiger partial charge in [-0.15, -0.1) is 0 Å². The van der Waals surface area contributed by atoms with E-state index in [2.05, 4.69) is 0 Å². The number of hydrogen-bond donors (Lipinski definition) is 1. The number of hydrogen-bond acceptors (Lipinski definition) is 2. The lowest BCUT2D eigenvalue weighted by molar-refractivity contribution is -0.156. The summed E-state index contributed by atoms with van der Waals surface area (Å²) in [5, 5.41) is 10.0. The molecule has 1 amide bonds. The number of carbonyl (C=O) groups excluding carboxylic acids is 1. The van der Waals surface area contributed by atoms with Gasteiger partial charge in [0.25, 0.3) is 0 Å². The van der Waals surface area contributed by atoms with Gasteiger partial charge in [-0.1, -0.05) is 49.6 Å². The van der Waals surface area contributed by atoms with Crippen LogP contribution in [0.5, 0.6) is 0 Å². The van der Waals surface area contributed by atoms with E-state index in [0.29, 0.717) is 13.1 Å². The van der Waals surface area contributed by atoms with Crippen LogP contribution >= 0.6 is 0 Å². The molecule has 1 unspecified atom stereocenters. The molecule has 1 atom stereocenters. The van der Waals surface area contributed by atoms with Gasteiger partial charge >= 0.3 is 5.97 Å². The Morgan fingerprint density at radius 3 is 2.08 bits per heavy atom. The van der Waals surface area contributed by atoms with Crippen LogP contribution in [-0.4, -0.2) is 35.0 Å². The van der Waals surface area contributed by atoms with Crippen LogP contribution in [0.1, 0.15) is 56.9 Å². The van der Waals surface area contributed by atoms with Crippen molar-refractivity contribution in [3.8, 4) is 0 Å². The fraction of sp³-hybridized carbons (Fsp3) is 0.600. The van der Waals surface area contributed by atoms with Gasteiger partial charge in [0.2, 0.25) is 5.91 Å². The Bertz CT molecular complexity index is 572. The van der Waals surface area contributed by atoms with E-state index in [1.165, 1.54) is 0 Å². The van der Waals surface area contributed by atoms with Gasteiger partial charge in [-0.2, -0.15) is 0 Å². The van der Waals surface area contributed by atoms with Crippen LogP contribution in [0.15, 0.2) is 30.3 Å². The average Bonchev–Trinajstić information content (AvgIpc) is 2.64. The molecular formula is C20H27NO3. The number of amides is 1. The molecule has 0 spiro atoms. The topological polar surface area (TPSA) is 57.6 Å². The Morgan fingerprint density at radius 2 is 1.50 bits per heavy atom. The minimum Gasteiger partial charge on any atom is -0.481 e. The molecule has 2 aliphatic rings. The number of carboxylic acids is 1. The number of piperidine rings is 1. The van der Waals surface area contributed by atoms with E-state index in [1.54, 1.807) is 4.90 Å². The maximum Gasteiger partial charge on any atom is 0.316 e. The van der Waals surface area contributed by atoms with Gasteiger partial charge in [0.05, 0.1) is 0 Å². The first kappa shape index (κ1) is 17.0. The van der Waals surface area contributed by atoms with Crippen LogP contribution in [0.25, 0.3) is 0 Å². The lowest BCUT2D eigenvalue weighted by Gasteiger charge is -2.43. The Balaban J connectivity index is 1.98. The van der Waals surface area contributed by atoms with Gasteiger partial charge < -0.3 is 10.0 Å². The van der Waals surface area contributed by atoms with Crippen LogP contribution in [0.2, 0.25) is 0 Å². The second-order valence-electron chi connectivity index (χ2n) is 7.24. The van der Waals surface area contributed by atoms with E-state index in [9.17, 15) is 14.7 Å². The number of carboxylic acid groups (broad SMARTS) is 1. The van der Waals surface area contributed by atoms with Gasteiger partial charge in [-0.05, 0) is 37.7 Å². The van der Waals surface area contributed by atoms with Gasteiger partial charge in [0.1, 0.15) is 5.92 Å². The molecule has 1 aromatic rings. The summed E-state index contributed by atoms with van der Waals surface area (Å²) in [5.41, 5.74) is 0.460. The van der Waals surface area contributed by atoms with Crippen LogP contribution in [0.4, 0.5) is 0 Å². The van der Waals surface area contributed by atoms with Crippen molar-refractivity contribution in [3.05, 3.63) is 35.9 Å². The van der Waals surface area contributed by atoms with Gasteiger partial charge in [0.15, 0.2) is 0 Å². The predicted octanol–water partition coefficient (Wildman–Crippen LogP) is 3.60. The highest BCUT2D eigenvalue weighted by Gasteiger charge is 2.50. The number of rotatable bonds is 4. The number of nitrogens with zero attached hydrogens (tertiary/aromatic N) is 1. The summed E-state index contributed by atoms with van der Waals surface area (Å²) >= 11 is 0. The molecule has 0 aromatic heterocycles. The molecule has 24 heavy (non-hydrogen) atoms. The first-order chi connectivity index (χ1) is 11.6. The third kappa shape index (κ3) is 3.19. The summed E-state index contributed by atoms with van der Waals surface area (Å²) in [6.45, 7) is 1.40. The van der Waals surface area contributed by atoms with Crippen molar-refractivity contribution in [1.82, 2.24) is 4.90 Å². The van der Waals surface area contributed by atoms with Crippen LogP contribution in [0.3, 0.4) is 0 Å². The molecule has 0 radical (unpaired) electrons. The molecule has 1 heterocycles. The fourth-order valence-corrected chi connectivity index (χ4v) is 4.57. The summed E-state index contributed by atoms with van der Waals surface area (Å²) in [7, 11) is 0. The zero-order chi connectivity index (χ0) is 17.0. The molecule has 0 bridgehead atoms. The predicted molar refractivity (Wildman–Crippen MR) is 92.8 cm³/mol. The standard InChI is InChI=1S/C20H27NO3/c22-18(21-14-8-3-9-15-21)17(19(23)24)20(12-6-2-7-13-20)16-10-4-1-5-11-16/h1,4-5,10-11,17H,2-3,6-9,12-15H2,(H,23,24). The van der Waals surface area contributed by atoms with E-state index in [-0.39, 0.29) is 5.91 Å². The molecule has 1 aliphatic carbocycles. The second-order valence-corrected chi connectivity index (χ2v) is 7.24. The van der Waals surface area contributed by atoms with Gasteiger partial charge in [-0.3, -0.25) is 9.59 Å². The summed E-state index contributed by atoms with van der Waals surface area (Å²) in [6.07, 6.45) is 7.77. The smallest absolute Gasteiger partial charge is 0.316 e. The van der Waals surface area contributed by atoms with E-state index in [1.807, 2.05) is 30.3 Å². The first-order valence-electron chi connectivity index (χ1n) is 9.22. The largest absolute Gasteiger partial charge is 0.481 e. The van der Waals surface area contributed by atoms with Gasteiger partial charge in [0, 0.05) is 18.5 Å². The molecule has 3 rings (SSSR count). The maximum atomic E-state index is 13.2. The molecular weight excluding hydrogens is 302 g/mol. The van der Waals surface area contributed by atoms with E-state index in [0.717, 1.165) is 56.9 Å². The molecule has 130 valence electrons. The van der Waals surface area contributed by atoms with E-state index >= 15 is 0 Å². The number of benzene rings is 1. The Labute approximate surface area is 143 Å². The highest BCUT2D eigenvalue weighted by Crippen LogP contribution is 2.46. The number of likely N-dealkylation sites (tertiary alicyclic amines) is 1. The molecule has 4 nitrogen and oxygen atoms in total. The second kappa shape index (κ2) is 7.37. The van der Waals surface area contributed by atoms with Crippen molar-refractivity contribution in [2.24, 2.45) is 5.92 Å². The van der Waals surface area contributed by atoms with Crippen molar-refractivity contribution >= 4 is 11.9 Å². The first-order valence-corrected chi connectivity index (χ1v) is 9.22. The number of aliphatic carboxylic acids is 1. The van der Waals surface area contributed by atoms with Crippen molar-refractivity contribution in [1.29, 1.82) is 0 Å². The van der Waals surface area contributed by atoms with E-state index < -0.39 is 17.3 Å². The maximum absolute atomic E-state index is 13.2. The lowest BCUT2D eigenvalue weighted by atomic mass is 9.61. The summed E-state index contributed by atoms with van der Waals surface area (Å²) < 4.78 is 0. The molecule has 1 N–H and O–H groups in total. The normalized spacial score (nSPS) is 21.9. The zero-order valence-corrected chi connectivity index (χ0v) is 14.2. The van der Waals surface area contributed by atoms with Crippen LogP contribution in [0, 0.1) is 5.92 Å². The fourth-order valence-electron chi connectivity index (χ4n) is 4.57. The molecule has 4 heteroatoms. The zero-order valence-electron chi connectivity index (χ0n) is 14.2. The van der Waals surface area contributed by atoms with Crippen molar-refractivity contribution in [2.45, 2.75) is 56.8 Å². The molecule has 1 saturated heterocycles. The Kier molecular flexibility index (Phi) is 5.22.